The molecule has 0 saturated heterocycles. The number of hydrogen-bond donors (Lipinski definition) is 2. The van der Waals surface area contributed by atoms with Crippen LogP contribution in [0.3, 0.4) is 0 Å². The lowest BCUT2D eigenvalue weighted by molar-refractivity contribution is 0.101. The molecule has 4 heterocycles. The number of fused-ring (bicyclic) bond motifs is 2. The van der Waals surface area contributed by atoms with Crippen molar-refractivity contribution in [2.24, 2.45) is 0 Å². The molecule has 0 unspecified atom stereocenters. The Morgan fingerprint density at radius 2 is 1.00 bits per heavy atom. The van der Waals surface area contributed by atoms with Crippen LogP contribution in [-0.4, -0.2) is 96.0 Å². The molecule has 6 aromatic rings. The average Bonchev–Trinajstić information content (AvgIpc) is 3.16. The minimum atomic E-state index is -0.444. The first-order chi connectivity index (χ1) is 25.7. The highest BCUT2D eigenvalue weighted by molar-refractivity contribution is 6.04. The fourth-order valence-corrected chi connectivity index (χ4v) is 5.70. The largest absolute Gasteiger partial charge is 0.493 e. The first kappa shape index (κ1) is 36.8. The average molecular weight is 713 g/mol. The normalized spacial score (nSPS) is 11.3. The number of unbranched alkanes of at least 4 members (excludes halogenated alkanes) is 1. The number of nitrogens with zero attached hydrogens (tertiary/aromatic N) is 6. The van der Waals surface area contributed by atoms with Crippen molar-refractivity contribution >= 4 is 45.3 Å². The first-order valence-electron chi connectivity index (χ1n) is 17.7. The van der Waals surface area contributed by atoms with Gasteiger partial charge in [-0.05, 0) is 103 Å². The van der Waals surface area contributed by atoms with Gasteiger partial charge in [0.25, 0.3) is 11.8 Å². The van der Waals surface area contributed by atoms with Gasteiger partial charge in [-0.15, -0.1) is 0 Å². The van der Waals surface area contributed by atoms with Crippen LogP contribution < -0.4 is 20.1 Å². The lowest BCUT2D eigenvalue weighted by Crippen LogP contribution is -2.17. The van der Waals surface area contributed by atoms with E-state index in [9.17, 15) is 9.59 Å². The van der Waals surface area contributed by atoms with E-state index >= 15 is 0 Å². The summed E-state index contributed by atoms with van der Waals surface area (Å²) in [5.41, 5.74) is 2.59. The summed E-state index contributed by atoms with van der Waals surface area (Å²) in [5.74, 6) is 1.11. The van der Waals surface area contributed by atoms with Crippen LogP contribution in [0.25, 0.3) is 33.2 Å². The van der Waals surface area contributed by atoms with Crippen LogP contribution >= 0.6 is 0 Å². The summed E-state index contributed by atoms with van der Waals surface area (Å²) < 4.78 is 12.3. The maximum absolute atomic E-state index is 13.5. The molecule has 2 amide bonds. The minimum absolute atomic E-state index is 0.164. The maximum atomic E-state index is 13.5. The number of rotatable bonds is 16. The van der Waals surface area contributed by atoms with E-state index in [1.54, 1.807) is 48.5 Å². The van der Waals surface area contributed by atoms with Crippen molar-refractivity contribution < 1.29 is 19.1 Å². The van der Waals surface area contributed by atoms with E-state index in [1.165, 1.54) is 0 Å². The molecule has 0 aliphatic carbocycles. The topological polar surface area (TPSA) is 135 Å². The van der Waals surface area contributed by atoms with Crippen molar-refractivity contribution in [3.63, 3.8) is 0 Å². The molecule has 6 rings (SSSR count). The second-order valence-corrected chi connectivity index (χ2v) is 13.1. The Kier molecular flexibility index (Phi) is 12.1. The number of nitrogens with one attached hydrogen (secondary N) is 2. The standard InChI is InChI=1S/C41H44N8O4/c1-48(2)22-9-10-24-52-36-26-38(44-30-16-7-5-14-28(30)36)46-40(50)34-20-11-18-32(42-34)33-19-12-21-35(43-33)41(51)47-39-27-37(53-25-13-23-49(3)4)29-15-6-8-17-31(29)45-39/h5-8,11-12,14-21,26-27H,9-10,13,22-25H2,1-4H3,(H,44,46,50)(H,45,47,51). The molecule has 12 heteroatoms. The summed E-state index contributed by atoms with van der Waals surface area (Å²) in [6, 6.07) is 28.9. The number of aromatic nitrogens is 4. The van der Waals surface area contributed by atoms with E-state index in [-0.39, 0.29) is 11.4 Å². The molecule has 53 heavy (non-hydrogen) atoms. The number of benzene rings is 2. The Bertz CT molecular complexity index is 2210. The van der Waals surface area contributed by atoms with Crippen molar-refractivity contribution in [2.45, 2.75) is 19.3 Å². The van der Waals surface area contributed by atoms with Gasteiger partial charge in [0.05, 0.1) is 35.6 Å². The zero-order chi connectivity index (χ0) is 37.2. The quantitative estimate of drug-likeness (QED) is 0.103. The van der Waals surface area contributed by atoms with Gasteiger partial charge in [0.15, 0.2) is 0 Å². The summed E-state index contributed by atoms with van der Waals surface area (Å²) in [7, 11) is 8.15. The van der Waals surface area contributed by atoms with Crippen molar-refractivity contribution in [1.82, 2.24) is 29.7 Å². The second-order valence-electron chi connectivity index (χ2n) is 13.1. The SMILES string of the molecule is CN(C)CCCCOc1cc(NC(=O)c2cccc(-c3cccc(C(=O)Nc4cc(OCCCN(C)C)c5ccccc5n4)n3)n2)nc2ccccc12. The molecule has 4 aromatic heterocycles. The Morgan fingerprint density at radius 3 is 1.49 bits per heavy atom. The van der Waals surface area contributed by atoms with Gasteiger partial charge >= 0.3 is 0 Å². The van der Waals surface area contributed by atoms with Gasteiger partial charge in [-0.2, -0.15) is 0 Å². The van der Waals surface area contributed by atoms with Crippen LogP contribution in [0, 0.1) is 0 Å². The van der Waals surface area contributed by atoms with E-state index in [4.69, 9.17) is 9.47 Å². The lowest BCUT2D eigenvalue weighted by atomic mass is 10.2. The third-order valence-electron chi connectivity index (χ3n) is 8.33. The van der Waals surface area contributed by atoms with Gasteiger partial charge in [0.2, 0.25) is 0 Å². The van der Waals surface area contributed by atoms with E-state index in [0.717, 1.165) is 43.1 Å². The summed E-state index contributed by atoms with van der Waals surface area (Å²) in [6.07, 6.45) is 2.77. The third-order valence-corrected chi connectivity index (χ3v) is 8.33. The molecular weight excluding hydrogens is 669 g/mol. The lowest BCUT2D eigenvalue weighted by Gasteiger charge is -2.14. The van der Waals surface area contributed by atoms with E-state index in [0.29, 0.717) is 58.8 Å². The summed E-state index contributed by atoms with van der Waals surface area (Å²) in [4.78, 5) is 49.6. The highest BCUT2D eigenvalue weighted by Crippen LogP contribution is 2.29. The van der Waals surface area contributed by atoms with Crippen molar-refractivity contribution in [2.75, 3.05) is 65.1 Å². The minimum Gasteiger partial charge on any atom is -0.493 e. The van der Waals surface area contributed by atoms with Crippen LogP contribution in [0.1, 0.15) is 40.2 Å². The Morgan fingerprint density at radius 1 is 0.547 bits per heavy atom. The number of hydrogen-bond acceptors (Lipinski definition) is 10. The monoisotopic (exact) mass is 712 g/mol. The molecule has 0 aliphatic heterocycles. The van der Waals surface area contributed by atoms with Crippen LogP contribution in [0.4, 0.5) is 11.6 Å². The van der Waals surface area contributed by atoms with Crippen LogP contribution in [0.15, 0.2) is 97.1 Å². The Balaban J connectivity index is 1.16. The van der Waals surface area contributed by atoms with Gasteiger partial charge in [0.1, 0.15) is 34.5 Å². The van der Waals surface area contributed by atoms with Crippen molar-refractivity contribution in [3.8, 4) is 22.9 Å². The smallest absolute Gasteiger partial charge is 0.275 e. The molecule has 0 aliphatic rings. The first-order valence-corrected chi connectivity index (χ1v) is 17.7. The number of carbonyl (C=O) groups is 2. The number of ether oxygens (including phenoxy) is 2. The molecule has 2 aromatic carbocycles. The Hall–Kier alpha value is -5.98. The molecule has 272 valence electrons. The summed E-state index contributed by atoms with van der Waals surface area (Å²) in [5, 5.41) is 7.48. The number of para-hydroxylation sites is 2. The van der Waals surface area contributed by atoms with E-state index in [1.807, 2.05) is 62.6 Å². The molecule has 0 fully saturated rings. The molecule has 0 atom stereocenters. The van der Waals surface area contributed by atoms with Gasteiger partial charge in [-0.3, -0.25) is 9.59 Å². The van der Waals surface area contributed by atoms with Crippen LogP contribution in [0.5, 0.6) is 11.5 Å². The highest BCUT2D eigenvalue weighted by Gasteiger charge is 2.16. The summed E-state index contributed by atoms with van der Waals surface area (Å²) in [6.45, 7) is 2.96. The van der Waals surface area contributed by atoms with Crippen LogP contribution in [0.2, 0.25) is 0 Å². The van der Waals surface area contributed by atoms with Gasteiger partial charge in [-0.25, -0.2) is 19.9 Å². The molecule has 0 spiro atoms. The highest BCUT2D eigenvalue weighted by atomic mass is 16.5. The van der Waals surface area contributed by atoms with Gasteiger partial charge in [0, 0.05) is 29.4 Å². The van der Waals surface area contributed by atoms with E-state index in [2.05, 4.69) is 54.5 Å². The zero-order valence-corrected chi connectivity index (χ0v) is 30.5. The van der Waals surface area contributed by atoms with Crippen molar-refractivity contribution in [3.05, 3.63) is 108 Å². The predicted octanol–water partition coefficient (Wildman–Crippen LogP) is 6.80. The zero-order valence-electron chi connectivity index (χ0n) is 30.5. The molecule has 2 N–H and O–H groups in total. The predicted molar refractivity (Wildman–Crippen MR) is 209 cm³/mol. The molecule has 12 nitrogen and oxygen atoms in total. The molecular formula is C41H44N8O4. The fourth-order valence-electron chi connectivity index (χ4n) is 5.70. The fraction of sp³-hybridized carbons (Fsp3) is 0.268. The van der Waals surface area contributed by atoms with Gasteiger partial charge < -0.3 is 29.9 Å². The third kappa shape index (κ3) is 9.88. The van der Waals surface area contributed by atoms with Crippen LogP contribution in [-0.2, 0) is 0 Å². The molecule has 0 bridgehead atoms. The summed E-state index contributed by atoms with van der Waals surface area (Å²) >= 11 is 0. The second kappa shape index (κ2) is 17.5. The number of carbonyl (C=O) groups excluding carboxylic acids is 2. The number of amides is 2. The number of anilines is 2. The maximum Gasteiger partial charge on any atom is 0.275 e. The van der Waals surface area contributed by atoms with Gasteiger partial charge in [-0.1, -0.05) is 36.4 Å². The molecule has 0 saturated carbocycles. The molecule has 0 radical (unpaired) electrons. The van der Waals surface area contributed by atoms with Crippen molar-refractivity contribution in [1.29, 1.82) is 0 Å². The Labute approximate surface area is 309 Å². The number of pyridine rings is 4. The van der Waals surface area contributed by atoms with E-state index < -0.39 is 11.8 Å².